The van der Waals surface area contributed by atoms with E-state index in [0.29, 0.717) is 6.04 Å². The Bertz CT molecular complexity index is 908. The van der Waals surface area contributed by atoms with Gasteiger partial charge in [-0.3, -0.25) is 9.58 Å². The van der Waals surface area contributed by atoms with Gasteiger partial charge in [-0.25, -0.2) is 4.98 Å². The summed E-state index contributed by atoms with van der Waals surface area (Å²) in [4.78, 5) is 7.11. The zero-order chi connectivity index (χ0) is 17.4. The van der Waals surface area contributed by atoms with Gasteiger partial charge in [-0.15, -0.1) is 12.4 Å². The molecule has 138 valence electrons. The van der Waals surface area contributed by atoms with E-state index in [0.717, 1.165) is 47.9 Å². The Balaban J connectivity index is 0.00000196. The Kier molecular flexibility index (Phi) is 5.82. The van der Waals surface area contributed by atoms with Gasteiger partial charge in [0.15, 0.2) is 5.65 Å². The van der Waals surface area contributed by atoms with Crippen LogP contribution in [0, 0.1) is 6.92 Å². The number of benzene rings is 1. The molecule has 1 aromatic carbocycles. The molecule has 0 amide bonds. The fourth-order valence-electron chi connectivity index (χ4n) is 3.65. The van der Waals surface area contributed by atoms with Crippen LogP contribution in [-0.4, -0.2) is 39.3 Å². The van der Waals surface area contributed by atoms with Crippen LogP contribution in [0.3, 0.4) is 0 Å². The van der Waals surface area contributed by atoms with Crippen molar-refractivity contribution >= 4 is 35.0 Å². The zero-order valence-electron chi connectivity index (χ0n) is 14.9. The predicted octanol–water partition coefficient (Wildman–Crippen LogP) is 3.50. The van der Waals surface area contributed by atoms with Crippen molar-refractivity contribution in [3.63, 3.8) is 0 Å². The fraction of sp³-hybridized carbons (Fsp3) is 0.368. The summed E-state index contributed by atoms with van der Waals surface area (Å²) in [6, 6.07) is 10.7. The number of hydrogen-bond acceptors (Lipinski definition) is 4. The Morgan fingerprint density at radius 3 is 2.96 bits per heavy atom. The molecule has 0 aliphatic carbocycles. The second-order valence-corrected chi connectivity index (χ2v) is 7.11. The van der Waals surface area contributed by atoms with Crippen molar-refractivity contribution in [1.82, 2.24) is 25.0 Å². The van der Waals surface area contributed by atoms with Crippen LogP contribution in [0.1, 0.15) is 22.9 Å². The average Bonchev–Trinajstić information content (AvgIpc) is 2.89. The average molecular weight is 392 g/mol. The van der Waals surface area contributed by atoms with Gasteiger partial charge in [-0.1, -0.05) is 23.7 Å². The molecule has 1 saturated heterocycles. The van der Waals surface area contributed by atoms with Crippen molar-refractivity contribution < 1.29 is 0 Å². The third-order valence-corrected chi connectivity index (χ3v) is 5.13. The SMILES string of the molecule is Cc1nn(C)c2ncc(CN3CCNCC3c3cccc(Cl)c3)cc12.Cl. The maximum Gasteiger partial charge on any atom is 0.157 e. The molecular weight excluding hydrogens is 369 g/mol. The summed E-state index contributed by atoms with van der Waals surface area (Å²) in [5.74, 6) is 0. The largest absolute Gasteiger partial charge is 0.314 e. The molecule has 26 heavy (non-hydrogen) atoms. The van der Waals surface area contributed by atoms with Crippen LogP contribution in [0.4, 0.5) is 0 Å². The maximum atomic E-state index is 6.20. The number of rotatable bonds is 3. The minimum absolute atomic E-state index is 0. The number of hydrogen-bond donors (Lipinski definition) is 1. The van der Waals surface area contributed by atoms with Crippen LogP contribution in [0.25, 0.3) is 11.0 Å². The highest BCUT2D eigenvalue weighted by atomic mass is 35.5. The maximum absolute atomic E-state index is 6.20. The quantitative estimate of drug-likeness (QED) is 0.741. The van der Waals surface area contributed by atoms with Crippen LogP contribution in [0.2, 0.25) is 5.02 Å². The first-order chi connectivity index (χ1) is 12.1. The zero-order valence-corrected chi connectivity index (χ0v) is 16.5. The Labute approximate surface area is 164 Å². The molecule has 3 aromatic rings. The first-order valence-corrected chi connectivity index (χ1v) is 8.98. The Morgan fingerprint density at radius 1 is 1.31 bits per heavy atom. The number of halogens is 2. The van der Waals surface area contributed by atoms with E-state index in [1.54, 1.807) is 0 Å². The summed E-state index contributed by atoms with van der Waals surface area (Å²) in [5.41, 5.74) is 4.44. The number of aromatic nitrogens is 3. The van der Waals surface area contributed by atoms with E-state index >= 15 is 0 Å². The predicted molar refractivity (Wildman–Crippen MR) is 108 cm³/mol. The third-order valence-electron chi connectivity index (χ3n) is 4.89. The number of nitrogens with one attached hydrogen (secondary N) is 1. The van der Waals surface area contributed by atoms with Crippen LogP contribution in [-0.2, 0) is 13.6 Å². The lowest BCUT2D eigenvalue weighted by Crippen LogP contribution is -2.45. The molecule has 1 fully saturated rings. The summed E-state index contributed by atoms with van der Waals surface area (Å²) in [5, 5.41) is 9.89. The monoisotopic (exact) mass is 391 g/mol. The van der Waals surface area contributed by atoms with E-state index in [4.69, 9.17) is 11.6 Å². The van der Waals surface area contributed by atoms with Gasteiger partial charge in [-0.05, 0) is 36.2 Å². The van der Waals surface area contributed by atoms with E-state index in [1.807, 2.05) is 37.0 Å². The molecule has 5 nitrogen and oxygen atoms in total. The molecule has 0 spiro atoms. The molecule has 4 rings (SSSR count). The molecule has 7 heteroatoms. The third kappa shape index (κ3) is 3.71. The number of aryl methyl sites for hydroxylation is 2. The van der Waals surface area contributed by atoms with Crippen molar-refractivity contribution in [3.05, 3.63) is 58.4 Å². The first-order valence-electron chi connectivity index (χ1n) is 8.60. The lowest BCUT2D eigenvalue weighted by atomic mass is 10.0. The van der Waals surface area contributed by atoms with Crippen LogP contribution >= 0.6 is 24.0 Å². The molecular formula is C19H23Cl2N5. The fourth-order valence-corrected chi connectivity index (χ4v) is 3.85. The molecule has 0 saturated carbocycles. The Morgan fingerprint density at radius 2 is 2.15 bits per heavy atom. The molecule has 2 aromatic heterocycles. The molecule has 3 heterocycles. The highest BCUT2D eigenvalue weighted by Gasteiger charge is 2.24. The molecule has 0 bridgehead atoms. The second kappa shape index (κ2) is 7.92. The topological polar surface area (TPSA) is 46.0 Å². The highest BCUT2D eigenvalue weighted by molar-refractivity contribution is 6.30. The molecule has 1 aliphatic rings. The van der Waals surface area contributed by atoms with Crippen molar-refractivity contribution in [2.45, 2.75) is 19.5 Å². The minimum atomic E-state index is 0. The van der Waals surface area contributed by atoms with E-state index < -0.39 is 0 Å². The van der Waals surface area contributed by atoms with Gasteiger partial charge in [0.1, 0.15) is 0 Å². The molecule has 0 radical (unpaired) electrons. The summed E-state index contributed by atoms with van der Waals surface area (Å²) in [6.45, 7) is 5.84. The van der Waals surface area contributed by atoms with Gasteiger partial charge in [0.25, 0.3) is 0 Å². The summed E-state index contributed by atoms with van der Waals surface area (Å²) < 4.78 is 1.84. The van der Waals surface area contributed by atoms with Crippen molar-refractivity contribution in [2.75, 3.05) is 19.6 Å². The normalized spacial score (nSPS) is 18.0. The lowest BCUT2D eigenvalue weighted by Gasteiger charge is -2.36. The van der Waals surface area contributed by atoms with Gasteiger partial charge in [0, 0.05) is 55.9 Å². The molecule has 1 N–H and O–H groups in total. The number of nitrogens with zero attached hydrogens (tertiary/aromatic N) is 4. The number of piperazine rings is 1. The second-order valence-electron chi connectivity index (χ2n) is 6.67. The van der Waals surface area contributed by atoms with Gasteiger partial charge >= 0.3 is 0 Å². The Hall–Kier alpha value is -1.66. The van der Waals surface area contributed by atoms with Gasteiger partial charge in [0.2, 0.25) is 0 Å². The minimum Gasteiger partial charge on any atom is -0.314 e. The lowest BCUT2D eigenvalue weighted by molar-refractivity contribution is 0.153. The van der Waals surface area contributed by atoms with E-state index in [9.17, 15) is 0 Å². The number of pyridine rings is 1. The molecule has 1 atom stereocenters. The molecule has 1 unspecified atom stereocenters. The highest BCUT2D eigenvalue weighted by Crippen LogP contribution is 2.27. The van der Waals surface area contributed by atoms with Crippen LogP contribution in [0.15, 0.2) is 36.5 Å². The van der Waals surface area contributed by atoms with Gasteiger partial charge in [-0.2, -0.15) is 5.10 Å². The van der Waals surface area contributed by atoms with E-state index in [-0.39, 0.29) is 12.4 Å². The standard InChI is InChI=1S/C19H22ClN5.ClH/c1-13-17-8-14(10-22-19(17)24(2)23-13)12-25-7-6-21-11-18(25)15-4-3-5-16(20)9-15;/h3-5,8-10,18,21H,6-7,11-12H2,1-2H3;1H. The molecule has 1 aliphatic heterocycles. The van der Waals surface area contributed by atoms with Crippen molar-refractivity contribution in [1.29, 1.82) is 0 Å². The summed E-state index contributed by atoms with van der Waals surface area (Å²) >= 11 is 6.20. The van der Waals surface area contributed by atoms with Gasteiger partial charge in [0.05, 0.1) is 5.69 Å². The number of fused-ring (bicyclic) bond motifs is 1. The van der Waals surface area contributed by atoms with Crippen LogP contribution < -0.4 is 5.32 Å². The first kappa shape index (κ1) is 19.1. The summed E-state index contributed by atoms with van der Waals surface area (Å²) in [7, 11) is 1.94. The van der Waals surface area contributed by atoms with Crippen molar-refractivity contribution in [2.24, 2.45) is 7.05 Å². The summed E-state index contributed by atoms with van der Waals surface area (Å²) in [6.07, 6.45) is 1.97. The van der Waals surface area contributed by atoms with Crippen molar-refractivity contribution in [3.8, 4) is 0 Å². The van der Waals surface area contributed by atoms with Crippen LogP contribution in [0.5, 0.6) is 0 Å². The van der Waals surface area contributed by atoms with E-state index in [2.05, 4.69) is 38.5 Å². The van der Waals surface area contributed by atoms with Gasteiger partial charge < -0.3 is 5.32 Å². The smallest absolute Gasteiger partial charge is 0.157 e. The van der Waals surface area contributed by atoms with E-state index in [1.165, 1.54) is 11.1 Å².